The van der Waals surface area contributed by atoms with Crippen molar-refractivity contribution < 1.29 is 9.53 Å². The van der Waals surface area contributed by atoms with Gasteiger partial charge in [0, 0.05) is 5.92 Å². The van der Waals surface area contributed by atoms with Crippen LogP contribution < -0.4 is 0 Å². The zero-order valence-electron chi connectivity index (χ0n) is 5.55. The molecule has 9 heavy (non-hydrogen) atoms. The van der Waals surface area contributed by atoms with Crippen molar-refractivity contribution in [2.45, 2.75) is 18.6 Å². The number of rotatable bonds is 0. The van der Waals surface area contributed by atoms with Crippen molar-refractivity contribution in [1.82, 2.24) is 0 Å². The first-order valence-corrected chi connectivity index (χ1v) is 3.39. The average molecular weight is 146 g/mol. The summed E-state index contributed by atoms with van der Waals surface area (Å²) in [6.07, 6.45) is 0. The predicted molar refractivity (Wildman–Crippen MR) is 37.5 cm³/mol. The van der Waals surface area contributed by atoms with Crippen LogP contribution in [0.4, 0.5) is 0 Å². The van der Waals surface area contributed by atoms with Gasteiger partial charge < -0.3 is 4.74 Å². The van der Waals surface area contributed by atoms with Crippen molar-refractivity contribution in [2.75, 3.05) is 6.61 Å². The summed E-state index contributed by atoms with van der Waals surface area (Å²) in [5.41, 5.74) is 0. The molecule has 2 nitrogen and oxygen atoms in total. The molecule has 2 unspecified atom stereocenters. The Labute approximate surface area is 60.0 Å². The molecular weight excluding hydrogens is 136 g/mol. The maximum absolute atomic E-state index is 10.8. The molecule has 0 radical (unpaired) electrons. The van der Waals surface area contributed by atoms with Crippen LogP contribution in [0.3, 0.4) is 0 Å². The molecule has 0 spiro atoms. The molecule has 0 aromatic heterocycles. The third-order valence-corrected chi connectivity index (χ3v) is 2.46. The molecule has 1 aliphatic rings. The third-order valence-electron chi connectivity index (χ3n) is 1.84. The molecule has 0 N–H and O–H groups in total. The number of hydrogen-bond donors (Lipinski definition) is 1. The largest absolute Gasteiger partial charge is 0.464 e. The lowest BCUT2D eigenvalue weighted by molar-refractivity contribution is -0.139. The Morgan fingerprint density at radius 1 is 1.89 bits per heavy atom. The molecule has 0 bridgehead atoms. The van der Waals surface area contributed by atoms with Crippen molar-refractivity contribution in [3.8, 4) is 0 Å². The summed E-state index contributed by atoms with van der Waals surface area (Å²) < 4.78 is 4.21. The van der Waals surface area contributed by atoms with Crippen molar-refractivity contribution in [1.29, 1.82) is 0 Å². The van der Waals surface area contributed by atoms with Crippen LogP contribution >= 0.6 is 12.6 Å². The average Bonchev–Trinajstić information content (AvgIpc) is 1.96. The van der Waals surface area contributed by atoms with Crippen LogP contribution in [0, 0.1) is 5.92 Å². The van der Waals surface area contributed by atoms with E-state index in [1.807, 2.05) is 6.92 Å². The summed E-state index contributed by atoms with van der Waals surface area (Å²) in [6.45, 7) is 4.26. The fourth-order valence-corrected chi connectivity index (χ4v) is 0.849. The Bertz CT molecular complexity index is 142. The summed E-state index contributed by atoms with van der Waals surface area (Å²) in [4.78, 5) is 10.8. The van der Waals surface area contributed by atoms with Gasteiger partial charge >= 0.3 is 5.97 Å². The van der Waals surface area contributed by atoms with Crippen LogP contribution in [0.25, 0.3) is 0 Å². The summed E-state index contributed by atoms with van der Waals surface area (Å²) in [6, 6.07) is 0. The van der Waals surface area contributed by atoms with Crippen LogP contribution in [0.2, 0.25) is 0 Å². The molecule has 0 saturated carbocycles. The number of esters is 1. The molecule has 0 aliphatic carbocycles. The van der Waals surface area contributed by atoms with E-state index in [2.05, 4.69) is 12.6 Å². The van der Waals surface area contributed by atoms with Crippen LogP contribution in [0.1, 0.15) is 13.8 Å². The Hall–Kier alpha value is -0.180. The van der Waals surface area contributed by atoms with Gasteiger partial charge in [0.15, 0.2) is 0 Å². The van der Waals surface area contributed by atoms with Crippen molar-refractivity contribution in [2.24, 2.45) is 5.92 Å². The second-order valence-electron chi connectivity index (χ2n) is 2.65. The molecule has 0 amide bonds. The Kier molecular flexibility index (Phi) is 1.47. The predicted octanol–water partition coefficient (Wildman–Crippen LogP) is 0.868. The molecule has 1 heterocycles. The number of hydrogen-bond acceptors (Lipinski definition) is 3. The smallest absolute Gasteiger partial charge is 0.322 e. The highest BCUT2D eigenvalue weighted by Gasteiger charge is 2.42. The van der Waals surface area contributed by atoms with Crippen molar-refractivity contribution in [3.05, 3.63) is 0 Å². The highest BCUT2D eigenvalue weighted by Crippen LogP contribution is 2.31. The van der Waals surface area contributed by atoms with E-state index in [0.29, 0.717) is 6.61 Å². The van der Waals surface area contributed by atoms with E-state index < -0.39 is 4.75 Å². The minimum absolute atomic E-state index is 0.196. The van der Waals surface area contributed by atoms with Gasteiger partial charge in [0.25, 0.3) is 0 Å². The van der Waals surface area contributed by atoms with Crippen molar-refractivity contribution in [3.63, 3.8) is 0 Å². The van der Waals surface area contributed by atoms with Gasteiger partial charge in [-0.3, -0.25) is 4.79 Å². The van der Waals surface area contributed by atoms with Gasteiger partial charge in [0.05, 0.1) is 6.61 Å². The number of carbonyl (C=O) groups excluding carboxylic acids is 1. The molecule has 0 aromatic rings. The van der Waals surface area contributed by atoms with Crippen LogP contribution in [-0.2, 0) is 9.53 Å². The topological polar surface area (TPSA) is 26.3 Å². The van der Waals surface area contributed by atoms with E-state index in [9.17, 15) is 4.79 Å². The lowest BCUT2D eigenvalue weighted by Crippen LogP contribution is -2.28. The summed E-state index contributed by atoms with van der Waals surface area (Å²) in [7, 11) is 0. The highest BCUT2D eigenvalue weighted by molar-refractivity contribution is 7.82. The number of carbonyl (C=O) groups is 1. The first kappa shape index (κ1) is 6.93. The highest BCUT2D eigenvalue weighted by atomic mass is 32.1. The molecular formula is C6H10O2S. The first-order valence-electron chi connectivity index (χ1n) is 2.94. The lowest BCUT2D eigenvalue weighted by atomic mass is 9.99. The zero-order valence-corrected chi connectivity index (χ0v) is 6.44. The number of cyclic esters (lactones) is 1. The summed E-state index contributed by atoms with van der Waals surface area (Å²) >= 11 is 4.16. The molecule has 52 valence electrons. The Morgan fingerprint density at radius 2 is 2.44 bits per heavy atom. The van der Waals surface area contributed by atoms with Gasteiger partial charge in [-0.15, -0.1) is 0 Å². The van der Waals surface area contributed by atoms with Gasteiger partial charge in [0.1, 0.15) is 4.75 Å². The normalized spacial score (nSPS) is 43.0. The minimum Gasteiger partial charge on any atom is -0.464 e. The van der Waals surface area contributed by atoms with E-state index in [1.54, 1.807) is 6.92 Å². The summed E-state index contributed by atoms with van der Waals surface area (Å²) in [5, 5.41) is 0. The second kappa shape index (κ2) is 1.90. The number of ether oxygens (including phenoxy) is 1. The summed E-state index contributed by atoms with van der Waals surface area (Å²) in [5.74, 6) is 0.0340. The van der Waals surface area contributed by atoms with Crippen LogP contribution in [-0.4, -0.2) is 17.3 Å². The third kappa shape index (κ3) is 0.936. The standard InChI is InChI=1S/C6H10O2S/c1-4-3-8-5(7)6(4,2)9/h4,9H,3H2,1-2H3. The monoisotopic (exact) mass is 146 g/mol. The van der Waals surface area contributed by atoms with E-state index >= 15 is 0 Å². The minimum atomic E-state index is -0.556. The SMILES string of the molecule is CC1COC(=O)C1(C)S. The molecule has 1 rings (SSSR count). The zero-order chi connectivity index (χ0) is 7.07. The van der Waals surface area contributed by atoms with Gasteiger partial charge in [-0.2, -0.15) is 12.6 Å². The molecule has 1 aliphatic heterocycles. The molecule has 0 aromatic carbocycles. The lowest BCUT2D eigenvalue weighted by Gasteiger charge is -2.14. The Balaban J connectivity index is 2.78. The fourth-order valence-electron chi connectivity index (χ4n) is 0.710. The van der Waals surface area contributed by atoms with E-state index in [1.165, 1.54) is 0 Å². The molecule has 2 atom stereocenters. The van der Waals surface area contributed by atoms with Crippen LogP contribution in [0.15, 0.2) is 0 Å². The van der Waals surface area contributed by atoms with E-state index in [-0.39, 0.29) is 11.9 Å². The molecule has 1 fully saturated rings. The van der Waals surface area contributed by atoms with Gasteiger partial charge in [-0.1, -0.05) is 6.92 Å². The fraction of sp³-hybridized carbons (Fsp3) is 0.833. The van der Waals surface area contributed by atoms with Crippen LogP contribution in [0.5, 0.6) is 0 Å². The molecule has 1 saturated heterocycles. The number of thiol groups is 1. The quantitative estimate of drug-likeness (QED) is 0.405. The van der Waals surface area contributed by atoms with Gasteiger partial charge in [-0.05, 0) is 6.92 Å². The van der Waals surface area contributed by atoms with Gasteiger partial charge in [0.2, 0.25) is 0 Å². The maximum Gasteiger partial charge on any atom is 0.322 e. The molecule has 3 heteroatoms. The maximum atomic E-state index is 10.8. The van der Waals surface area contributed by atoms with Crippen molar-refractivity contribution >= 4 is 18.6 Å². The second-order valence-corrected chi connectivity index (χ2v) is 3.58. The van der Waals surface area contributed by atoms with E-state index in [0.717, 1.165) is 0 Å². The van der Waals surface area contributed by atoms with E-state index in [4.69, 9.17) is 4.74 Å². The van der Waals surface area contributed by atoms with Gasteiger partial charge in [-0.25, -0.2) is 0 Å². The Morgan fingerprint density at radius 3 is 2.56 bits per heavy atom. The first-order chi connectivity index (χ1) is 4.05.